The van der Waals surface area contributed by atoms with Gasteiger partial charge >= 0.3 is 0 Å². The van der Waals surface area contributed by atoms with Crippen LogP contribution in [-0.2, 0) is 0 Å². The molecule has 0 unspecified atom stereocenters. The number of allylic oxidation sites excluding steroid dienone is 1. The average molecular weight is 291 g/mol. The molecule has 0 N–H and O–H groups in total. The highest BCUT2D eigenvalue weighted by molar-refractivity contribution is 9.09. The SMILES string of the molecule is Cc1nn(-c2ccccc2)c(C)c1C=CCBr. The molecular weight excluding hydrogens is 276 g/mol. The lowest BCUT2D eigenvalue weighted by Gasteiger charge is -2.03. The number of halogens is 1. The molecule has 1 heterocycles. The van der Waals surface area contributed by atoms with Crippen LogP contribution in [-0.4, -0.2) is 15.1 Å². The predicted octanol–water partition coefficient (Wildman–Crippen LogP) is 3.90. The van der Waals surface area contributed by atoms with Crippen molar-refractivity contribution in [3.05, 3.63) is 53.4 Å². The number of hydrogen-bond acceptors (Lipinski definition) is 1. The summed E-state index contributed by atoms with van der Waals surface area (Å²) in [6, 6.07) is 10.2. The summed E-state index contributed by atoms with van der Waals surface area (Å²) in [7, 11) is 0. The number of aryl methyl sites for hydroxylation is 1. The van der Waals surface area contributed by atoms with Crippen molar-refractivity contribution in [3.63, 3.8) is 0 Å². The van der Waals surface area contributed by atoms with Crippen molar-refractivity contribution < 1.29 is 0 Å². The first kappa shape index (κ1) is 12.1. The van der Waals surface area contributed by atoms with Gasteiger partial charge in [-0.25, -0.2) is 4.68 Å². The summed E-state index contributed by atoms with van der Waals surface area (Å²) in [5, 5.41) is 5.45. The van der Waals surface area contributed by atoms with Gasteiger partial charge in [0.05, 0.1) is 11.4 Å². The van der Waals surface area contributed by atoms with Crippen molar-refractivity contribution in [2.24, 2.45) is 0 Å². The lowest BCUT2D eigenvalue weighted by Crippen LogP contribution is -1.98. The van der Waals surface area contributed by atoms with E-state index in [9.17, 15) is 0 Å². The fourth-order valence-electron chi connectivity index (χ4n) is 1.88. The van der Waals surface area contributed by atoms with E-state index in [4.69, 9.17) is 0 Å². The van der Waals surface area contributed by atoms with Crippen molar-refractivity contribution in [1.82, 2.24) is 9.78 Å². The van der Waals surface area contributed by atoms with E-state index in [-0.39, 0.29) is 0 Å². The third kappa shape index (κ3) is 2.50. The largest absolute Gasteiger partial charge is 0.237 e. The molecule has 1 aromatic heterocycles. The smallest absolute Gasteiger partial charge is 0.0673 e. The summed E-state index contributed by atoms with van der Waals surface area (Å²) >= 11 is 3.39. The van der Waals surface area contributed by atoms with E-state index in [1.807, 2.05) is 29.8 Å². The van der Waals surface area contributed by atoms with E-state index >= 15 is 0 Å². The molecule has 0 bridgehead atoms. The molecule has 0 aliphatic rings. The minimum Gasteiger partial charge on any atom is -0.237 e. The Hall–Kier alpha value is -1.35. The van der Waals surface area contributed by atoms with Crippen LogP contribution < -0.4 is 0 Å². The predicted molar refractivity (Wildman–Crippen MR) is 75.9 cm³/mol. The monoisotopic (exact) mass is 290 g/mol. The molecule has 0 amide bonds. The van der Waals surface area contributed by atoms with Crippen LogP contribution in [0, 0.1) is 13.8 Å². The number of para-hydroxylation sites is 1. The minimum atomic E-state index is 0.863. The highest BCUT2D eigenvalue weighted by Crippen LogP contribution is 2.19. The van der Waals surface area contributed by atoms with Gasteiger partial charge in [0.15, 0.2) is 0 Å². The first-order chi connectivity index (χ1) is 8.24. The summed E-state index contributed by atoms with van der Waals surface area (Å²) in [4.78, 5) is 0. The Morgan fingerprint density at radius 3 is 2.59 bits per heavy atom. The number of hydrogen-bond donors (Lipinski definition) is 0. The lowest BCUT2D eigenvalue weighted by molar-refractivity contribution is 0.833. The van der Waals surface area contributed by atoms with Crippen LogP contribution in [0.5, 0.6) is 0 Å². The number of nitrogens with zero attached hydrogens (tertiary/aromatic N) is 2. The van der Waals surface area contributed by atoms with E-state index in [0.717, 1.165) is 16.7 Å². The summed E-state index contributed by atoms with van der Waals surface area (Å²) in [5.74, 6) is 0. The molecule has 0 aliphatic heterocycles. The van der Waals surface area contributed by atoms with Crippen molar-refractivity contribution >= 4 is 22.0 Å². The summed E-state index contributed by atoms with van der Waals surface area (Å²) < 4.78 is 1.99. The molecule has 0 fully saturated rings. The number of alkyl halides is 1. The summed E-state index contributed by atoms with van der Waals surface area (Å²) in [6.07, 6.45) is 4.21. The third-order valence-electron chi connectivity index (χ3n) is 2.72. The van der Waals surface area contributed by atoms with Crippen molar-refractivity contribution in [2.45, 2.75) is 13.8 Å². The zero-order chi connectivity index (χ0) is 12.3. The highest BCUT2D eigenvalue weighted by atomic mass is 79.9. The van der Waals surface area contributed by atoms with Gasteiger partial charge in [-0.15, -0.1) is 0 Å². The molecule has 0 radical (unpaired) electrons. The van der Waals surface area contributed by atoms with E-state index in [2.05, 4.69) is 52.2 Å². The van der Waals surface area contributed by atoms with Gasteiger partial charge in [0, 0.05) is 16.6 Å². The Labute approximate surface area is 110 Å². The second kappa shape index (κ2) is 5.32. The van der Waals surface area contributed by atoms with Gasteiger partial charge in [-0.05, 0) is 26.0 Å². The molecule has 1 aromatic carbocycles. The molecule has 3 heteroatoms. The van der Waals surface area contributed by atoms with E-state index in [0.29, 0.717) is 0 Å². The molecule has 2 aromatic rings. The third-order valence-corrected chi connectivity index (χ3v) is 3.10. The topological polar surface area (TPSA) is 17.8 Å². The Kier molecular flexibility index (Phi) is 3.79. The van der Waals surface area contributed by atoms with Crippen molar-refractivity contribution in [3.8, 4) is 5.69 Å². The first-order valence-electron chi connectivity index (χ1n) is 5.58. The normalized spacial score (nSPS) is 11.2. The maximum atomic E-state index is 4.58. The summed E-state index contributed by atoms with van der Waals surface area (Å²) in [5.41, 5.74) is 4.54. The van der Waals surface area contributed by atoms with Crippen LogP contribution in [0.15, 0.2) is 36.4 Å². The van der Waals surface area contributed by atoms with Crippen LogP contribution in [0.3, 0.4) is 0 Å². The quantitative estimate of drug-likeness (QED) is 0.784. The van der Waals surface area contributed by atoms with E-state index in [1.54, 1.807) is 0 Å². The Morgan fingerprint density at radius 1 is 1.24 bits per heavy atom. The second-order valence-corrected chi connectivity index (χ2v) is 4.54. The van der Waals surface area contributed by atoms with Crippen LogP contribution in [0.1, 0.15) is 17.0 Å². The zero-order valence-electron chi connectivity index (χ0n) is 10.0. The van der Waals surface area contributed by atoms with Crippen LogP contribution >= 0.6 is 15.9 Å². The van der Waals surface area contributed by atoms with Gasteiger partial charge in [-0.3, -0.25) is 0 Å². The highest BCUT2D eigenvalue weighted by Gasteiger charge is 2.09. The minimum absolute atomic E-state index is 0.863. The molecule has 88 valence electrons. The van der Waals surface area contributed by atoms with Gasteiger partial charge in [-0.1, -0.05) is 46.3 Å². The molecule has 0 spiro atoms. The first-order valence-corrected chi connectivity index (χ1v) is 6.70. The fourth-order valence-corrected chi connectivity index (χ4v) is 2.07. The molecule has 0 atom stereocenters. The van der Waals surface area contributed by atoms with E-state index in [1.165, 1.54) is 11.3 Å². The molecule has 0 saturated heterocycles. The van der Waals surface area contributed by atoms with Crippen LogP contribution in [0.4, 0.5) is 0 Å². The van der Waals surface area contributed by atoms with Crippen LogP contribution in [0.2, 0.25) is 0 Å². The van der Waals surface area contributed by atoms with Gasteiger partial charge < -0.3 is 0 Å². The maximum Gasteiger partial charge on any atom is 0.0673 e. The summed E-state index contributed by atoms with van der Waals surface area (Å²) in [6.45, 7) is 4.14. The van der Waals surface area contributed by atoms with Crippen molar-refractivity contribution in [2.75, 3.05) is 5.33 Å². The van der Waals surface area contributed by atoms with Gasteiger partial charge in [0.2, 0.25) is 0 Å². The van der Waals surface area contributed by atoms with Crippen LogP contribution in [0.25, 0.3) is 11.8 Å². The molecular formula is C14H15BrN2. The van der Waals surface area contributed by atoms with Gasteiger partial charge in [0.25, 0.3) is 0 Å². The Morgan fingerprint density at radius 2 is 1.94 bits per heavy atom. The molecule has 17 heavy (non-hydrogen) atoms. The number of rotatable bonds is 3. The fraction of sp³-hybridized carbons (Fsp3) is 0.214. The standard InChI is InChI=1S/C14H15BrN2/c1-11-14(9-6-10-15)12(2)17(16-11)13-7-4-3-5-8-13/h3-9H,10H2,1-2H3. The number of aromatic nitrogens is 2. The Bertz CT molecular complexity index is 527. The maximum absolute atomic E-state index is 4.58. The second-order valence-electron chi connectivity index (χ2n) is 3.89. The van der Waals surface area contributed by atoms with Crippen molar-refractivity contribution in [1.29, 1.82) is 0 Å². The Balaban J connectivity index is 2.48. The van der Waals surface area contributed by atoms with Gasteiger partial charge in [0.1, 0.15) is 0 Å². The number of benzene rings is 1. The van der Waals surface area contributed by atoms with E-state index < -0.39 is 0 Å². The molecule has 0 aliphatic carbocycles. The average Bonchev–Trinajstić information content (AvgIpc) is 2.64. The molecule has 0 saturated carbocycles. The van der Waals surface area contributed by atoms with Gasteiger partial charge in [-0.2, -0.15) is 5.10 Å². The molecule has 2 nitrogen and oxygen atoms in total. The zero-order valence-corrected chi connectivity index (χ0v) is 11.6. The lowest BCUT2D eigenvalue weighted by atomic mass is 10.2. The molecule has 2 rings (SSSR count).